The Kier molecular flexibility index (Phi) is 2.37. The van der Waals surface area contributed by atoms with Crippen LogP contribution in [-0.2, 0) is 38.4 Å². The molecule has 102 valence electrons. The van der Waals surface area contributed by atoms with Crippen molar-refractivity contribution in [2.24, 2.45) is 0 Å². The summed E-state index contributed by atoms with van der Waals surface area (Å²) in [6.45, 7) is 1.15. The Morgan fingerprint density at radius 1 is 0.611 bits per heavy atom. The second-order valence-corrected chi connectivity index (χ2v) is 4.33. The van der Waals surface area contributed by atoms with Crippen LogP contribution < -0.4 is 0 Å². The highest BCUT2D eigenvalue weighted by Crippen LogP contribution is 2.31. The van der Waals surface area contributed by atoms with E-state index in [0.29, 0.717) is 24.0 Å². The molecule has 0 aromatic heterocycles. The molecule has 1 rings (SSSR count). The van der Waals surface area contributed by atoms with Crippen LogP contribution in [0, 0.1) is 0 Å². The molecule has 0 nitrogen and oxygen atoms in total. The Hall–Kier alpha value is -0.780. The van der Waals surface area contributed by atoms with Crippen molar-refractivity contribution >= 4 is 0 Å². The van der Waals surface area contributed by atoms with Gasteiger partial charge in [0.2, 0.25) is 0 Å². The van der Waals surface area contributed by atoms with Gasteiger partial charge in [0, 0.05) is 13.7 Å². The second-order valence-electron chi connectivity index (χ2n) is 4.33. The molecule has 0 atom stereocenters. The first-order chi connectivity index (χ1) is 12.5. The third kappa shape index (κ3) is 2.48. The van der Waals surface area contributed by atoms with Gasteiger partial charge in [-0.05, 0) is 71.8 Å². The Morgan fingerprint density at radius 2 is 0.889 bits per heavy atom. The van der Waals surface area contributed by atoms with Crippen molar-refractivity contribution in [2.75, 3.05) is 0 Å². The van der Waals surface area contributed by atoms with Gasteiger partial charge in [0.25, 0.3) is 0 Å². The number of hydrogen-bond acceptors (Lipinski definition) is 0. The van der Waals surface area contributed by atoms with Gasteiger partial charge in [0.1, 0.15) is 0 Å². The lowest BCUT2D eigenvalue weighted by Crippen LogP contribution is -2.11. The lowest BCUT2D eigenvalue weighted by molar-refractivity contribution is 0.876. The molecule has 0 heterocycles. The van der Waals surface area contributed by atoms with Crippen LogP contribution in [0.25, 0.3) is 0 Å². The van der Waals surface area contributed by atoms with Crippen LogP contribution in [0.2, 0.25) is 0 Å². The molecule has 0 N–H and O–H groups in total. The zero-order valence-corrected chi connectivity index (χ0v) is 11.8. The number of benzene rings is 1. The largest absolute Gasteiger partial charge is 0.0613 e. The lowest BCUT2D eigenvalue weighted by atomic mass is 9.81. The van der Waals surface area contributed by atoms with Crippen molar-refractivity contribution in [3.63, 3.8) is 0 Å². The summed E-state index contributed by atoms with van der Waals surface area (Å²) in [5.74, 6) is 0. The summed E-state index contributed by atoms with van der Waals surface area (Å²) in [4.78, 5) is 0. The summed E-state index contributed by atoms with van der Waals surface area (Å²) in [5, 5.41) is 0. The van der Waals surface area contributed by atoms with E-state index in [2.05, 4.69) is 0 Å². The minimum Gasteiger partial charge on any atom is -0.0613 e. The van der Waals surface area contributed by atoms with Crippen molar-refractivity contribution in [2.45, 2.75) is 79.8 Å². The van der Waals surface area contributed by atoms with Gasteiger partial charge in [-0.15, -0.1) is 0 Å². The molecule has 0 unspecified atom stereocenters. The molecule has 18 heavy (non-hydrogen) atoms. The number of hydrogen-bond donors (Lipinski definition) is 0. The number of rotatable bonds is 6. The fourth-order valence-electron chi connectivity index (χ4n) is 2.88. The molecule has 0 radical (unpaired) electrons. The average molecular weight is 256 g/mol. The molecule has 0 saturated carbocycles. The van der Waals surface area contributed by atoms with Crippen LogP contribution in [-0.4, -0.2) is 0 Å². The van der Waals surface area contributed by atoms with Crippen molar-refractivity contribution < 1.29 is 13.7 Å². The average Bonchev–Trinajstić information content (AvgIpc) is 2.56. The van der Waals surface area contributed by atoms with Crippen molar-refractivity contribution in [3.8, 4) is 0 Å². The molecule has 1 aromatic rings. The lowest BCUT2D eigenvalue weighted by Gasteiger charge is -2.24. The second kappa shape index (κ2) is 6.97. The Labute approximate surface area is 128 Å². The van der Waals surface area contributed by atoms with Crippen LogP contribution in [0.3, 0.4) is 0 Å². The van der Waals surface area contributed by atoms with E-state index < -0.39 is 26.4 Å². The topological polar surface area (TPSA) is 0 Å². The van der Waals surface area contributed by atoms with E-state index >= 15 is 0 Å². The van der Waals surface area contributed by atoms with Crippen molar-refractivity contribution in [1.29, 1.82) is 0 Å². The first kappa shape index (κ1) is 6.11. The molecule has 0 heteroatoms. The van der Waals surface area contributed by atoms with Gasteiger partial charge in [-0.3, -0.25) is 0 Å². The summed E-state index contributed by atoms with van der Waals surface area (Å²) in [6.07, 6.45) is -4.13. The van der Waals surface area contributed by atoms with Crippen LogP contribution in [0.5, 0.6) is 0 Å². The van der Waals surface area contributed by atoms with Gasteiger partial charge in [-0.1, -0.05) is 41.4 Å². The van der Waals surface area contributed by atoms with Crippen LogP contribution in [0.15, 0.2) is 0 Å². The Bertz CT molecular complexity index is 650. The third-order valence-corrected chi connectivity index (χ3v) is 3.61. The predicted octanol–water partition coefficient (Wildman–Crippen LogP) is 5.06. The van der Waals surface area contributed by atoms with E-state index in [-0.39, 0.29) is 24.0 Å². The summed E-state index contributed by atoms with van der Waals surface area (Å²) >= 11 is 0. The molecule has 0 aliphatic heterocycles. The standard InChI is InChI=1S/C18H30/c1-7-13-14(8-2)16(10-4)18(12-6)17(11-5)15(13)9-3/h7-12H2,1-6H3/i1D3,2D3,7D2,8D2. The highest BCUT2D eigenvalue weighted by atomic mass is 14.2. The molecule has 0 amide bonds. The maximum atomic E-state index is 8.41. The third-order valence-electron chi connectivity index (χ3n) is 3.61. The fourth-order valence-corrected chi connectivity index (χ4v) is 2.88. The normalized spacial score (nSPS) is 22.2. The predicted molar refractivity (Wildman–Crippen MR) is 82.7 cm³/mol. The molecule has 0 fully saturated rings. The zero-order valence-electron chi connectivity index (χ0n) is 21.8. The highest BCUT2D eigenvalue weighted by molar-refractivity contribution is 5.52. The van der Waals surface area contributed by atoms with Gasteiger partial charge in [-0.2, -0.15) is 0 Å². The van der Waals surface area contributed by atoms with Crippen molar-refractivity contribution in [3.05, 3.63) is 33.4 Å². The summed E-state index contributed by atoms with van der Waals surface area (Å²) in [7, 11) is 0. The molecular weight excluding hydrogens is 216 g/mol. The van der Waals surface area contributed by atoms with E-state index in [1.807, 2.05) is 13.8 Å². The molecular formula is C18H30. The van der Waals surface area contributed by atoms with E-state index in [4.69, 9.17) is 13.7 Å². The first-order valence-corrected chi connectivity index (χ1v) is 6.74. The van der Waals surface area contributed by atoms with E-state index in [9.17, 15) is 0 Å². The minimum absolute atomic E-state index is 0.287. The van der Waals surface area contributed by atoms with Gasteiger partial charge in [0.05, 0.1) is 0 Å². The van der Waals surface area contributed by atoms with Crippen LogP contribution in [0.1, 0.15) is 88.5 Å². The SMILES string of the molecule is [2H]C([2H])([2H])C([2H])([2H])c1c(CC)c(CC)c(CC)c(CC)c1C([2H])([2H])C([2H])([2H])[2H]. The smallest absolute Gasteiger partial charge is 0.0313 e. The minimum atomic E-state index is -3.07. The summed E-state index contributed by atoms with van der Waals surface area (Å²) in [5.41, 5.74) is 1.83. The van der Waals surface area contributed by atoms with Crippen LogP contribution in [0.4, 0.5) is 0 Å². The van der Waals surface area contributed by atoms with Gasteiger partial charge >= 0.3 is 0 Å². The molecule has 0 bridgehead atoms. The zero-order chi connectivity index (χ0) is 22.3. The molecule has 0 aliphatic rings. The quantitative estimate of drug-likeness (QED) is 0.667. The van der Waals surface area contributed by atoms with Gasteiger partial charge in [0.15, 0.2) is 0 Å². The van der Waals surface area contributed by atoms with E-state index in [1.54, 1.807) is 13.8 Å². The monoisotopic (exact) mass is 256 g/mol. The molecule has 0 aliphatic carbocycles. The van der Waals surface area contributed by atoms with Crippen molar-refractivity contribution in [1.82, 2.24) is 0 Å². The van der Waals surface area contributed by atoms with Gasteiger partial charge in [-0.25, -0.2) is 0 Å². The van der Waals surface area contributed by atoms with Crippen LogP contribution >= 0.6 is 0 Å². The Morgan fingerprint density at radius 3 is 1.11 bits per heavy atom. The maximum absolute atomic E-state index is 8.41. The van der Waals surface area contributed by atoms with E-state index in [1.165, 1.54) is 0 Å². The molecule has 0 saturated heterocycles. The highest BCUT2D eigenvalue weighted by Gasteiger charge is 2.18. The summed E-state index contributed by atoms with van der Waals surface area (Å²) < 4.78 is 80.2. The maximum Gasteiger partial charge on any atom is 0.0313 e. The van der Waals surface area contributed by atoms with E-state index in [0.717, 1.165) is 11.1 Å². The first-order valence-electron chi connectivity index (χ1n) is 11.7. The molecule has 1 aromatic carbocycles. The van der Waals surface area contributed by atoms with Gasteiger partial charge < -0.3 is 0 Å². The Balaban J connectivity index is 4.39. The fraction of sp³-hybridized carbons (Fsp3) is 0.667. The summed E-state index contributed by atoms with van der Waals surface area (Å²) in [6, 6.07) is 0. The molecule has 0 spiro atoms.